The quantitative estimate of drug-likeness (QED) is 0.496. The number of carbonyl (C=O) groups is 2. The van der Waals surface area contributed by atoms with Crippen LogP contribution in [0.1, 0.15) is 15.9 Å². The minimum Gasteiger partial charge on any atom is -0.497 e. The van der Waals surface area contributed by atoms with Crippen LogP contribution in [0.5, 0.6) is 5.75 Å². The molecule has 0 fully saturated rings. The maximum absolute atomic E-state index is 12.4. The molecule has 0 atom stereocenters. The Balaban J connectivity index is 1.66. The fourth-order valence-corrected chi connectivity index (χ4v) is 2.90. The highest BCUT2D eigenvalue weighted by molar-refractivity contribution is 9.10. The molecule has 0 bridgehead atoms. The number of ether oxygens (including phenoxy) is 1. The maximum atomic E-state index is 12.4. The van der Waals surface area contributed by atoms with Crippen molar-refractivity contribution in [2.45, 2.75) is 0 Å². The summed E-state index contributed by atoms with van der Waals surface area (Å²) in [5.74, 6) is 0.254. The molecular weight excluding hydrogens is 432 g/mol. The molecule has 0 spiro atoms. The second-order valence-corrected chi connectivity index (χ2v) is 6.96. The van der Waals surface area contributed by atoms with Gasteiger partial charge in [-0.2, -0.15) is 0 Å². The first-order chi connectivity index (χ1) is 14.0. The van der Waals surface area contributed by atoms with Gasteiger partial charge in [0.15, 0.2) is 0 Å². The Kier molecular flexibility index (Phi) is 6.81. The third-order valence-electron chi connectivity index (χ3n) is 4.06. The van der Waals surface area contributed by atoms with Crippen molar-refractivity contribution in [3.8, 4) is 5.75 Å². The largest absolute Gasteiger partial charge is 0.497 e. The molecule has 0 radical (unpaired) electrons. The lowest BCUT2D eigenvalue weighted by Crippen LogP contribution is -2.13. The Morgan fingerprint density at radius 1 is 0.931 bits per heavy atom. The third kappa shape index (κ3) is 5.80. The molecule has 0 aliphatic heterocycles. The van der Waals surface area contributed by atoms with Gasteiger partial charge in [-0.05, 0) is 70.0 Å². The van der Waals surface area contributed by atoms with Crippen LogP contribution < -0.4 is 15.4 Å². The molecule has 146 valence electrons. The molecule has 2 N–H and O–H groups in total. The molecular formula is C23H19BrN2O3. The van der Waals surface area contributed by atoms with Crippen molar-refractivity contribution in [2.24, 2.45) is 0 Å². The van der Waals surface area contributed by atoms with Crippen LogP contribution in [-0.4, -0.2) is 18.9 Å². The van der Waals surface area contributed by atoms with Crippen LogP contribution >= 0.6 is 15.9 Å². The van der Waals surface area contributed by atoms with Gasteiger partial charge in [-0.1, -0.05) is 30.3 Å². The van der Waals surface area contributed by atoms with E-state index in [-0.39, 0.29) is 11.8 Å². The van der Waals surface area contributed by atoms with Crippen molar-refractivity contribution in [3.05, 3.63) is 94.5 Å². The monoisotopic (exact) mass is 450 g/mol. The van der Waals surface area contributed by atoms with Crippen LogP contribution in [0.15, 0.2) is 83.3 Å². The van der Waals surface area contributed by atoms with Crippen LogP contribution in [0.3, 0.4) is 0 Å². The van der Waals surface area contributed by atoms with Crippen LogP contribution in [0.25, 0.3) is 6.08 Å². The molecule has 5 nitrogen and oxygen atoms in total. The van der Waals surface area contributed by atoms with Crippen molar-refractivity contribution in [1.29, 1.82) is 0 Å². The molecule has 0 unspecified atom stereocenters. The molecule has 0 heterocycles. The summed E-state index contributed by atoms with van der Waals surface area (Å²) in [7, 11) is 1.60. The van der Waals surface area contributed by atoms with Crippen molar-refractivity contribution in [1.82, 2.24) is 0 Å². The second-order valence-electron chi connectivity index (χ2n) is 6.11. The highest BCUT2D eigenvalue weighted by Crippen LogP contribution is 2.26. The first-order valence-electron chi connectivity index (χ1n) is 8.84. The number of hydrogen-bond donors (Lipinski definition) is 2. The van der Waals surface area contributed by atoms with E-state index in [0.717, 1.165) is 11.3 Å². The molecule has 3 aromatic rings. The first kappa shape index (κ1) is 20.4. The van der Waals surface area contributed by atoms with Crippen molar-refractivity contribution in [2.75, 3.05) is 17.7 Å². The molecule has 6 heteroatoms. The zero-order valence-corrected chi connectivity index (χ0v) is 17.3. The smallest absolute Gasteiger partial charge is 0.255 e. The van der Waals surface area contributed by atoms with E-state index in [4.69, 9.17) is 4.74 Å². The molecule has 2 amide bonds. The number of halogens is 1. The van der Waals surface area contributed by atoms with Gasteiger partial charge in [0.1, 0.15) is 5.75 Å². The molecule has 0 aromatic heterocycles. The number of amides is 2. The molecule has 3 rings (SSSR count). The van der Waals surface area contributed by atoms with Gasteiger partial charge in [-0.3, -0.25) is 9.59 Å². The number of methoxy groups -OCH3 is 1. The Morgan fingerprint density at radius 3 is 2.34 bits per heavy atom. The summed E-state index contributed by atoms with van der Waals surface area (Å²) >= 11 is 3.42. The van der Waals surface area contributed by atoms with Crippen LogP contribution in [0.2, 0.25) is 0 Å². The van der Waals surface area contributed by atoms with Gasteiger partial charge in [0, 0.05) is 21.8 Å². The SMILES string of the molecule is COc1ccc(C=CC(=O)Nc2ccc(Br)c(NC(=O)c3ccccc3)c2)cc1. The standard InChI is InChI=1S/C23H19BrN2O3/c1-29-19-11-7-16(8-12-19)9-14-22(27)25-18-10-13-20(24)21(15-18)26-23(28)17-5-3-2-4-6-17/h2-15H,1H3,(H,25,27)(H,26,28). The summed E-state index contributed by atoms with van der Waals surface area (Å²) in [6.45, 7) is 0. The Hall–Kier alpha value is -3.38. The van der Waals surface area contributed by atoms with Crippen molar-refractivity contribution < 1.29 is 14.3 Å². The summed E-state index contributed by atoms with van der Waals surface area (Å²) in [5, 5.41) is 5.63. The maximum Gasteiger partial charge on any atom is 0.255 e. The normalized spacial score (nSPS) is 10.6. The van der Waals surface area contributed by atoms with E-state index in [0.29, 0.717) is 21.4 Å². The lowest BCUT2D eigenvalue weighted by atomic mass is 10.2. The summed E-state index contributed by atoms with van der Waals surface area (Å²) in [6, 6.07) is 21.5. The van der Waals surface area contributed by atoms with E-state index in [2.05, 4.69) is 26.6 Å². The van der Waals surface area contributed by atoms with Gasteiger partial charge in [0.2, 0.25) is 5.91 Å². The molecule has 0 saturated heterocycles. The number of nitrogens with one attached hydrogen (secondary N) is 2. The topological polar surface area (TPSA) is 67.4 Å². The van der Waals surface area contributed by atoms with Gasteiger partial charge < -0.3 is 15.4 Å². The highest BCUT2D eigenvalue weighted by Gasteiger charge is 2.09. The van der Waals surface area contributed by atoms with E-state index in [1.807, 2.05) is 30.3 Å². The predicted molar refractivity (Wildman–Crippen MR) is 119 cm³/mol. The van der Waals surface area contributed by atoms with E-state index in [9.17, 15) is 9.59 Å². The van der Waals surface area contributed by atoms with Gasteiger partial charge in [0.05, 0.1) is 12.8 Å². The van der Waals surface area contributed by atoms with E-state index in [1.165, 1.54) is 6.08 Å². The Bertz CT molecular complexity index is 1030. The average molecular weight is 451 g/mol. The average Bonchev–Trinajstić information content (AvgIpc) is 2.75. The van der Waals surface area contributed by atoms with Gasteiger partial charge in [-0.25, -0.2) is 0 Å². The molecule has 3 aromatic carbocycles. The summed E-state index contributed by atoms with van der Waals surface area (Å²) in [6.07, 6.45) is 3.16. The lowest BCUT2D eigenvalue weighted by Gasteiger charge is -2.10. The van der Waals surface area contributed by atoms with Crippen LogP contribution in [0.4, 0.5) is 11.4 Å². The minimum atomic E-state index is -0.275. The van der Waals surface area contributed by atoms with Gasteiger partial charge in [-0.15, -0.1) is 0 Å². The third-order valence-corrected chi connectivity index (χ3v) is 4.75. The zero-order chi connectivity index (χ0) is 20.6. The summed E-state index contributed by atoms with van der Waals surface area (Å²) in [4.78, 5) is 24.6. The number of anilines is 2. The molecule has 0 saturated carbocycles. The number of hydrogen-bond acceptors (Lipinski definition) is 3. The Labute approximate surface area is 177 Å². The Morgan fingerprint density at radius 2 is 1.66 bits per heavy atom. The number of benzene rings is 3. The zero-order valence-electron chi connectivity index (χ0n) is 15.7. The molecule has 29 heavy (non-hydrogen) atoms. The molecule has 0 aliphatic rings. The highest BCUT2D eigenvalue weighted by atomic mass is 79.9. The summed E-state index contributed by atoms with van der Waals surface area (Å²) < 4.78 is 5.83. The lowest BCUT2D eigenvalue weighted by molar-refractivity contribution is -0.111. The van der Waals surface area contributed by atoms with Gasteiger partial charge in [0.25, 0.3) is 5.91 Å². The second kappa shape index (κ2) is 9.71. The van der Waals surface area contributed by atoms with Crippen molar-refractivity contribution >= 4 is 45.2 Å². The minimum absolute atomic E-state index is 0.228. The fourth-order valence-electron chi connectivity index (χ4n) is 2.55. The fraction of sp³-hybridized carbons (Fsp3) is 0.0435. The van der Waals surface area contributed by atoms with E-state index < -0.39 is 0 Å². The first-order valence-corrected chi connectivity index (χ1v) is 9.63. The predicted octanol–water partition coefficient (Wildman–Crippen LogP) is 5.36. The van der Waals surface area contributed by atoms with Crippen LogP contribution in [0, 0.1) is 0 Å². The molecule has 0 aliphatic carbocycles. The number of carbonyl (C=O) groups excluding carboxylic acids is 2. The van der Waals surface area contributed by atoms with E-state index >= 15 is 0 Å². The van der Waals surface area contributed by atoms with Crippen molar-refractivity contribution in [3.63, 3.8) is 0 Å². The van der Waals surface area contributed by atoms with Gasteiger partial charge >= 0.3 is 0 Å². The van der Waals surface area contributed by atoms with E-state index in [1.54, 1.807) is 55.7 Å². The number of rotatable bonds is 6. The summed E-state index contributed by atoms with van der Waals surface area (Å²) in [5.41, 5.74) is 2.57. The van der Waals surface area contributed by atoms with Crippen LogP contribution in [-0.2, 0) is 4.79 Å².